The van der Waals surface area contributed by atoms with E-state index >= 15 is 0 Å². The van der Waals surface area contributed by atoms with Crippen LogP contribution in [0.15, 0.2) is 24.3 Å². The van der Waals surface area contributed by atoms with Crippen LogP contribution >= 0.6 is 0 Å². The van der Waals surface area contributed by atoms with Crippen molar-refractivity contribution in [3.05, 3.63) is 39.9 Å². The van der Waals surface area contributed by atoms with E-state index in [1.807, 2.05) is 0 Å². The molecule has 0 aliphatic heterocycles. The SMILES string of the molecule is CC(NC(=O)c1cccc([N+](=O)[O-])c1)C(=O)NC1CCCCCC1. The van der Waals surface area contributed by atoms with Gasteiger partial charge in [-0.15, -0.1) is 0 Å². The van der Waals surface area contributed by atoms with Crippen LogP contribution in [0.2, 0.25) is 0 Å². The molecule has 1 aliphatic rings. The summed E-state index contributed by atoms with van der Waals surface area (Å²) in [5.41, 5.74) is 0.0107. The number of benzene rings is 1. The van der Waals surface area contributed by atoms with Crippen molar-refractivity contribution in [2.24, 2.45) is 0 Å². The van der Waals surface area contributed by atoms with Gasteiger partial charge in [-0.3, -0.25) is 19.7 Å². The molecular formula is C17H23N3O4. The quantitative estimate of drug-likeness (QED) is 0.491. The summed E-state index contributed by atoms with van der Waals surface area (Å²) >= 11 is 0. The van der Waals surface area contributed by atoms with Gasteiger partial charge in [0, 0.05) is 23.7 Å². The van der Waals surface area contributed by atoms with Crippen molar-refractivity contribution >= 4 is 17.5 Å². The van der Waals surface area contributed by atoms with Crippen molar-refractivity contribution in [2.45, 2.75) is 57.5 Å². The van der Waals surface area contributed by atoms with E-state index in [2.05, 4.69) is 10.6 Å². The van der Waals surface area contributed by atoms with Gasteiger partial charge in [0.2, 0.25) is 5.91 Å². The van der Waals surface area contributed by atoms with Gasteiger partial charge >= 0.3 is 0 Å². The highest BCUT2D eigenvalue weighted by Gasteiger charge is 2.21. The number of nitro groups is 1. The number of hydrogen-bond acceptors (Lipinski definition) is 4. The van der Waals surface area contributed by atoms with Crippen LogP contribution < -0.4 is 10.6 Å². The van der Waals surface area contributed by atoms with E-state index in [1.165, 1.54) is 37.1 Å². The number of rotatable bonds is 5. The average Bonchev–Trinajstić information content (AvgIpc) is 2.83. The van der Waals surface area contributed by atoms with E-state index in [-0.39, 0.29) is 23.2 Å². The molecule has 1 aromatic rings. The first-order valence-corrected chi connectivity index (χ1v) is 8.33. The summed E-state index contributed by atoms with van der Waals surface area (Å²) in [6, 6.07) is 4.92. The highest BCUT2D eigenvalue weighted by molar-refractivity contribution is 5.97. The number of nitrogens with zero attached hydrogens (tertiary/aromatic N) is 1. The monoisotopic (exact) mass is 333 g/mol. The fourth-order valence-corrected chi connectivity index (χ4v) is 2.86. The molecule has 0 bridgehead atoms. The van der Waals surface area contributed by atoms with Gasteiger partial charge in [-0.05, 0) is 25.8 Å². The van der Waals surface area contributed by atoms with E-state index in [0.29, 0.717) is 0 Å². The zero-order chi connectivity index (χ0) is 17.5. The van der Waals surface area contributed by atoms with Crippen molar-refractivity contribution in [3.63, 3.8) is 0 Å². The molecule has 0 saturated heterocycles. The smallest absolute Gasteiger partial charge is 0.270 e. The van der Waals surface area contributed by atoms with Crippen molar-refractivity contribution in [2.75, 3.05) is 0 Å². The van der Waals surface area contributed by atoms with Crippen molar-refractivity contribution in [3.8, 4) is 0 Å². The second-order valence-electron chi connectivity index (χ2n) is 6.20. The summed E-state index contributed by atoms with van der Waals surface area (Å²) in [6.45, 7) is 1.61. The van der Waals surface area contributed by atoms with Crippen LogP contribution in [-0.4, -0.2) is 28.8 Å². The number of nitro benzene ring substituents is 1. The maximum atomic E-state index is 12.2. The Labute approximate surface area is 141 Å². The van der Waals surface area contributed by atoms with E-state index in [0.717, 1.165) is 25.7 Å². The molecule has 2 N–H and O–H groups in total. The highest BCUT2D eigenvalue weighted by atomic mass is 16.6. The minimum absolute atomic E-state index is 0.154. The van der Waals surface area contributed by atoms with Crippen LogP contribution in [0.3, 0.4) is 0 Å². The molecule has 130 valence electrons. The van der Waals surface area contributed by atoms with E-state index < -0.39 is 16.9 Å². The highest BCUT2D eigenvalue weighted by Crippen LogP contribution is 2.17. The lowest BCUT2D eigenvalue weighted by molar-refractivity contribution is -0.384. The van der Waals surface area contributed by atoms with Gasteiger partial charge in [0.05, 0.1) is 4.92 Å². The molecule has 2 rings (SSSR count). The van der Waals surface area contributed by atoms with Gasteiger partial charge < -0.3 is 10.6 Å². The normalized spacial score (nSPS) is 16.7. The summed E-state index contributed by atoms with van der Waals surface area (Å²) in [4.78, 5) is 34.6. The molecule has 1 fully saturated rings. The Bertz CT molecular complexity index is 610. The first kappa shape index (κ1) is 17.9. The molecule has 0 heterocycles. The van der Waals surface area contributed by atoms with Gasteiger partial charge in [0.15, 0.2) is 0 Å². The third-order valence-electron chi connectivity index (χ3n) is 4.26. The minimum atomic E-state index is -0.694. The Morgan fingerprint density at radius 2 is 1.88 bits per heavy atom. The molecule has 7 nitrogen and oxygen atoms in total. The van der Waals surface area contributed by atoms with Crippen LogP contribution in [0.1, 0.15) is 55.8 Å². The second-order valence-corrected chi connectivity index (χ2v) is 6.20. The zero-order valence-corrected chi connectivity index (χ0v) is 13.8. The molecule has 1 aliphatic carbocycles. The third kappa shape index (κ3) is 5.04. The molecule has 1 unspecified atom stereocenters. The van der Waals surface area contributed by atoms with Crippen LogP contribution in [-0.2, 0) is 4.79 Å². The lowest BCUT2D eigenvalue weighted by atomic mass is 10.1. The number of carbonyl (C=O) groups is 2. The molecule has 1 saturated carbocycles. The topological polar surface area (TPSA) is 101 Å². The lowest BCUT2D eigenvalue weighted by Gasteiger charge is -2.20. The number of hydrogen-bond donors (Lipinski definition) is 2. The zero-order valence-electron chi connectivity index (χ0n) is 13.8. The van der Waals surface area contributed by atoms with Gasteiger partial charge in [-0.2, -0.15) is 0 Å². The molecule has 0 aromatic heterocycles. The average molecular weight is 333 g/mol. The molecule has 1 atom stereocenters. The van der Waals surface area contributed by atoms with E-state index in [1.54, 1.807) is 6.92 Å². The minimum Gasteiger partial charge on any atom is -0.352 e. The van der Waals surface area contributed by atoms with Gasteiger partial charge in [0.1, 0.15) is 6.04 Å². The molecule has 24 heavy (non-hydrogen) atoms. The maximum absolute atomic E-state index is 12.2. The Hall–Kier alpha value is -2.44. The fourth-order valence-electron chi connectivity index (χ4n) is 2.86. The number of carbonyl (C=O) groups excluding carboxylic acids is 2. The van der Waals surface area contributed by atoms with E-state index in [4.69, 9.17) is 0 Å². The Kier molecular flexibility index (Phi) is 6.28. The van der Waals surface area contributed by atoms with Crippen molar-refractivity contribution < 1.29 is 14.5 Å². The van der Waals surface area contributed by atoms with Gasteiger partial charge in [-0.25, -0.2) is 0 Å². The van der Waals surface area contributed by atoms with Crippen LogP contribution in [0.5, 0.6) is 0 Å². The first-order chi connectivity index (χ1) is 11.5. The Morgan fingerprint density at radius 3 is 2.50 bits per heavy atom. The first-order valence-electron chi connectivity index (χ1n) is 8.33. The van der Waals surface area contributed by atoms with Crippen LogP contribution in [0.25, 0.3) is 0 Å². The standard InChI is InChI=1S/C17H23N3O4/c1-12(16(21)19-14-8-4-2-3-5-9-14)18-17(22)13-7-6-10-15(11-13)20(23)24/h6-7,10-12,14H,2-5,8-9H2,1H3,(H,18,22)(H,19,21). The van der Waals surface area contributed by atoms with Gasteiger partial charge in [-0.1, -0.05) is 31.7 Å². The molecule has 0 spiro atoms. The molecule has 1 aromatic carbocycles. The Morgan fingerprint density at radius 1 is 1.21 bits per heavy atom. The maximum Gasteiger partial charge on any atom is 0.270 e. The van der Waals surface area contributed by atoms with Crippen molar-refractivity contribution in [1.29, 1.82) is 0 Å². The summed E-state index contributed by atoms with van der Waals surface area (Å²) in [5.74, 6) is -0.720. The number of nitrogens with one attached hydrogen (secondary N) is 2. The number of amides is 2. The van der Waals surface area contributed by atoms with Gasteiger partial charge in [0.25, 0.3) is 11.6 Å². The van der Waals surface area contributed by atoms with Crippen LogP contribution in [0, 0.1) is 10.1 Å². The Balaban J connectivity index is 1.91. The van der Waals surface area contributed by atoms with E-state index in [9.17, 15) is 19.7 Å². The third-order valence-corrected chi connectivity index (χ3v) is 4.26. The summed E-state index contributed by atoms with van der Waals surface area (Å²) in [6.07, 6.45) is 6.56. The number of non-ortho nitro benzene ring substituents is 1. The largest absolute Gasteiger partial charge is 0.352 e. The molecule has 2 amide bonds. The predicted octanol–water partition coefficient (Wildman–Crippen LogP) is 2.55. The fraction of sp³-hybridized carbons (Fsp3) is 0.529. The lowest BCUT2D eigenvalue weighted by Crippen LogP contribution is -2.48. The summed E-state index contributed by atoms with van der Waals surface area (Å²) in [7, 11) is 0. The van der Waals surface area contributed by atoms with Crippen LogP contribution in [0.4, 0.5) is 5.69 Å². The summed E-state index contributed by atoms with van der Waals surface area (Å²) in [5, 5.41) is 16.3. The molecule has 7 heteroatoms. The molecule has 0 radical (unpaired) electrons. The summed E-state index contributed by atoms with van der Waals surface area (Å²) < 4.78 is 0. The predicted molar refractivity (Wildman–Crippen MR) is 89.7 cm³/mol. The van der Waals surface area contributed by atoms with Crippen molar-refractivity contribution in [1.82, 2.24) is 10.6 Å². The molecular weight excluding hydrogens is 310 g/mol. The second kappa shape index (κ2) is 8.42.